The molecule has 0 aliphatic carbocycles. The van der Waals surface area contributed by atoms with Crippen molar-refractivity contribution in [3.63, 3.8) is 0 Å². The molecule has 0 radical (unpaired) electrons. The minimum absolute atomic E-state index is 0.436. The number of carbonyl (C=O) groups is 1. The summed E-state index contributed by atoms with van der Waals surface area (Å²) in [5.74, 6) is 0.436. The minimum atomic E-state index is 0.436. The van der Waals surface area contributed by atoms with Crippen LogP contribution >= 0.6 is 22.6 Å². The molecule has 15 heavy (non-hydrogen) atoms. The highest BCUT2D eigenvalue weighted by atomic mass is 127. The number of Topliss-reactive ketones (excluding diaryl/α,β-unsaturated/α-hetero) is 1. The van der Waals surface area contributed by atoms with Crippen molar-refractivity contribution in [3.8, 4) is 0 Å². The third-order valence-electron chi connectivity index (χ3n) is 2.45. The van der Waals surface area contributed by atoms with Crippen LogP contribution in [0.15, 0.2) is 12.7 Å². The van der Waals surface area contributed by atoms with Crippen molar-refractivity contribution in [3.05, 3.63) is 12.7 Å². The van der Waals surface area contributed by atoms with Crippen molar-refractivity contribution in [1.29, 1.82) is 0 Å². The Kier molecular flexibility index (Phi) is 12.3. The van der Waals surface area contributed by atoms with Gasteiger partial charge in [0.1, 0.15) is 5.78 Å². The molecule has 0 N–H and O–H groups in total. The van der Waals surface area contributed by atoms with E-state index in [1.54, 1.807) is 0 Å². The number of hydrogen-bond donors (Lipinski definition) is 0. The van der Waals surface area contributed by atoms with Crippen LogP contribution in [-0.2, 0) is 4.79 Å². The van der Waals surface area contributed by atoms with Crippen LogP contribution in [0.25, 0.3) is 0 Å². The molecule has 0 saturated heterocycles. The van der Waals surface area contributed by atoms with Gasteiger partial charge in [-0.2, -0.15) is 0 Å². The van der Waals surface area contributed by atoms with Gasteiger partial charge >= 0.3 is 0 Å². The molecule has 0 amide bonds. The zero-order chi connectivity index (χ0) is 11.4. The maximum Gasteiger partial charge on any atom is 0.132 e. The molecule has 0 fully saturated rings. The molecular weight excluding hydrogens is 299 g/mol. The maximum atomic E-state index is 11.4. The van der Waals surface area contributed by atoms with E-state index in [9.17, 15) is 4.79 Å². The van der Waals surface area contributed by atoms with E-state index >= 15 is 0 Å². The van der Waals surface area contributed by atoms with Gasteiger partial charge in [0.2, 0.25) is 0 Å². The van der Waals surface area contributed by atoms with Crippen molar-refractivity contribution in [2.45, 2.75) is 57.8 Å². The molecule has 0 spiro atoms. The van der Waals surface area contributed by atoms with Crippen LogP contribution in [0.4, 0.5) is 0 Å². The van der Waals surface area contributed by atoms with Gasteiger partial charge in [0.05, 0.1) is 0 Å². The highest BCUT2D eigenvalue weighted by Gasteiger charge is 2.00. The van der Waals surface area contributed by atoms with Crippen molar-refractivity contribution in [2.24, 2.45) is 0 Å². The molecule has 0 aromatic heterocycles. The molecular formula is C13H23IO. The van der Waals surface area contributed by atoms with Gasteiger partial charge in [-0.25, -0.2) is 0 Å². The Labute approximate surface area is 108 Å². The number of halogens is 1. The molecule has 88 valence electrons. The average Bonchev–Trinajstić information content (AvgIpc) is 2.23. The maximum absolute atomic E-state index is 11.4. The van der Waals surface area contributed by atoms with Gasteiger partial charge in [-0.1, -0.05) is 47.9 Å². The zero-order valence-electron chi connectivity index (χ0n) is 9.64. The number of ketones is 1. The van der Waals surface area contributed by atoms with Gasteiger partial charge < -0.3 is 0 Å². The Hall–Kier alpha value is 0.140. The molecule has 0 bridgehead atoms. The van der Waals surface area contributed by atoms with Crippen LogP contribution in [0.2, 0.25) is 0 Å². The summed E-state index contributed by atoms with van der Waals surface area (Å²) in [4.78, 5) is 11.4. The van der Waals surface area contributed by atoms with E-state index in [0.29, 0.717) is 5.78 Å². The van der Waals surface area contributed by atoms with E-state index in [1.807, 2.05) is 6.08 Å². The molecule has 0 rings (SSSR count). The first-order valence-corrected chi connectivity index (χ1v) is 7.52. The Morgan fingerprint density at radius 2 is 1.60 bits per heavy atom. The van der Waals surface area contributed by atoms with Gasteiger partial charge in [-0.15, -0.1) is 6.58 Å². The molecule has 0 unspecified atom stereocenters. The average molecular weight is 322 g/mol. The van der Waals surface area contributed by atoms with Crippen LogP contribution in [-0.4, -0.2) is 10.2 Å². The Bertz CT molecular complexity index is 166. The topological polar surface area (TPSA) is 17.1 Å². The lowest BCUT2D eigenvalue weighted by Gasteiger charge is -2.00. The first-order valence-electron chi connectivity index (χ1n) is 5.99. The van der Waals surface area contributed by atoms with Crippen molar-refractivity contribution in [1.82, 2.24) is 0 Å². The fraction of sp³-hybridized carbons (Fsp3) is 0.769. The molecule has 0 aromatic rings. The highest BCUT2D eigenvalue weighted by molar-refractivity contribution is 14.1. The summed E-state index contributed by atoms with van der Waals surface area (Å²) in [5.41, 5.74) is 0. The van der Waals surface area contributed by atoms with Gasteiger partial charge in [-0.05, 0) is 30.1 Å². The fourth-order valence-electron chi connectivity index (χ4n) is 1.52. The van der Waals surface area contributed by atoms with Crippen molar-refractivity contribution >= 4 is 28.4 Å². The first kappa shape index (κ1) is 15.1. The predicted molar refractivity (Wildman–Crippen MR) is 75.6 cm³/mol. The molecule has 0 saturated carbocycles. The van der Waals surface area contributed by atoms with Gasteiger partial charge in [0.15, 0.2) is 0 Å². The van der Waals surface area contributed by atoms with E-state index in [0.717, 1.165) is 32.1 Å². The van der Waals surface area contributed by atoms with Crippen LogP contribution in [0.5, 0.6) is 0 Å². The molecule has 1 nitrogen and oxygen atoms in total. The van der Waals surface area contributed by atoms with E-state index in [1.165, 1.54) is 30.1 Å². The minimum Gasteiger partial charge on any atom is -0.300 e. The lowest BCUT2D eigenvalue weighted by atomic mass is 10.1. The molecule has 0 aliphatic heterocycles. The SMILES string of the molecule is C=CCCCC(=O)CCCCCCCI. The first-order chi connectivity index (χ1) is 7.31. The number of carbonyl (C=O) groups excluding carboxylic acids is 1. The lowest BCUT2D eigenvalue weighted by Crippen LogP contribution is -1.97. The van der Waals surface area contributed by atoms with Crippen molar-refractivity contribution in [2.75, 3.05) is 4.43 Å². The van der Waals surface area contributed by atoms with Gasteiger partial charge in [-0.3, -0.25) is 4.79 Å². The summed E-state index contributed by atoms with van der Waals surface area (Å²) >= 11 is 2.42. The third kappa shape index (κ3) is 12.1. The normalized spacial score (nSPS) is 10.2. The van der Waals surface area contributed by atoms with Gasteiger partial charge in [0.25, 0.3) is 0 Å². The number of allylic oxidation sites excluding steroid dienone is 1. The monoisotopic (exact) mass is 322 g/mol. The largest absolute Gasteiger partial charge is 0.300 e. The summed E-state index contributed by atoms with van der Waals surface area (Å²) in [5, 5.41) is 0. The number of hydrogen-bond acceptors (Lipinski definition) is 1. The zero-order valence-corrected chi connectivity index (χ0v) is 11.8. The quantitative estimate of drug-likeness (QED) is 0.233. The Morgan fingerprint density at radius 3 is 2.27 bits per heavy atom. The second-order valence-corrected chi connectivity index (χ2v) is 5.01. The highest BCUT2D eigenvalue weighted by Crippen LogP contribution is 2.09. The second kappa shape index (κ2) is 12.2. The van der Waals surface area contributed by atoms with Crippen LogP contribution in [0.1, 0.15) is 57.8 Å². The Balaban J connectivity index is 3.13. The lowest BCUT2D eigenvalue weighted by molar-refractivity contribution is -0.119. The van der Waals surface area contributed by atoms with E-state index < -0.39 is 0 Å². The molecule has 0 atom stereocenters. The third-order valence-corrected chi connectivity index (χ3v) is 3.22. The fourth-order valence-corrected chi connectivity index (χ4v) is 2.05. The van der Waals surface area contributed by atoms with E-state index in [-0.39, 0.29) is 0 Å². The van der Waals surface area contributed by atoms with Crippen molar-refractivity contribution < 1.29 is 4.79 Å². The van der Waals surface area contributed by atoms with Crippen LogP contribution < -0.4 is 0 Å². The summed E-state index contributed by atoms with van der Waals surface area (Å²) in [7, 11) is 0. The second-order valence-electron chi connectivity index (χ2n) is 3.93. The van der Waals surface area contributed by atoms with E-state index in [4.69, 9.17) is 0 Å². The molecule has 2 heteroatoms. The smallest absolute Gasteiger partial charge is 0.132 e. The number of unbranched alkanes of at least 4 members (excludes halogenated alkanes) is 5. The Morgan fingerprint density at radius 1 is 1.00 bits per heavy atom. The number of alkyl halides is 1. The van der Waals surface area contributed by atoms with Crippen LogP contribution in [0, 0.1) is 0 Å². The number of rotatable bonds is 11. The van der Waals surface area contributed by atoms with Gasteiger partial charge in [0, 0.05) is 12.8 Å². The summed E-state index contributed by atoms with van der Waals surface area (Å²) in [6.07, 6.45) is 11.7. The van der Waals surface area contributed by atoms with E-state index in [2.05, 4.69) is 29.2 Å². The molecule has 0 aliphatic rings. The standard InChI is InChI=1S/C13H23IO/c1-2-3-7-10-13(15)11-8-5-4-6-9-12-14/h2H,1,3-12H2. The predicted octanol–water partition coefficient (Wildman–Crippen LogP) is 4.69. The molecule has 0 heterocycles. The summed E-state index contributed by atoms with van der Waals surface area (Å²) in [6, 6.07) is 0. The summed E-state index contributed by atoms with van der Waals surface area (Å²) in [6.45, 7) is 3.65. The summed E-state index contributed by atoms with van der Waals surface area (Å²) < 4.78 is 1.26. The molecule has 0 aromatic carbocycles. The van der Waals surface area contributed by atoms with Crippen LogP contribution in [0.3, 0.4) is 0 Å².